The van der Waals surface area contributed by atoms with E-state index in [1.165, 1.54) is 18.3 Å². The van der Waals surface area contributed by atoms with Crippen molar-refractivity contribution < 1.29 is 18.7 Å². The molecule has 2 N–H and O–H groups in total. The summed E-state index contributed by atoms with van der Waals surface area (Å²) in [5, 5.41) is 10.2. The van der Waals surface area contributed by atoms with E-state index in [0.29, 0.717) is 30.5 Å². The summed E-state index contributed by atoms with van der Waals surface area (Å²) in [5.41, 5.74) is 1.24. The van der Waals surface area contributed by atoms with E-state index in [1.807, 2.05) is 13.1 Å². The number of nitrogens with one attached hydrogen (secondary N) is 2. The van der Waals surface area contributed by atoms with Gasteiger partial charge in [-0.3, -0.25) is 9.59 Å². The van der Waals surface area contributed by atoms with E-state index in [-0.39, 0.29) is 40.3 Å². The van der Waals surface area contributed by atoms with Crippen LogP contribution in [0.2, 0.25) is 5.02 Å². The minimum atomic E-state index is -0.604. The molecule has 160 valence electrons. The first kappa shape index (κ1) is 19.7. The van der Waals surface area contributed by atoms with Gasteiger partial charge in [0.1, 0.15) is 17.1 Å². The van der Waals surface area contributed by atoms with E-state index in [1.54, 1.807) is 10.7 Å². The molecule has 0 saturated heterocycles. The first-order valence-corrected chi connectivity index (χ1v) is 10.2. The summed E-state index contributed by atoms with van der Waals surface area (Å²) in [7, 11) is 0. The number of aromatic nitrogens is 3. The summed E-state index contributed by atoms with van der Waals surface area (Å²) in [6.45, 7) is 1.68. The Morgan fingerprint density at radius 2 is 1.97 bits per heavy atom. The zero-order chi connectivity index (χ0) is 21.8. The van der Waals surface area contributed by atoms with Crippen LogP contribution in [0.3, 0.4) is 0 Å². The number of carbonyl (C=O) groups excluding carboxylic acids is 2. The number of aryl methyl sites for hydroxylation is 1. The Hall–Kier alpha value is -3.20. The lowest BCUT2D eigenvalue weighted by Crippen LogP contribution is -2.84. The fourth-order valence-corrected chi connectivity index (χ4v) is 4.65. The van der Waals surface area contributed by atoms with Gasteiger partial charge in [-0.15, -0.1) is 0 Å². The molecule has 2 amide bonds. The third-order valence-electron chi connectivity index (χ3n) is 5.80. The Labute approximate surface area is 181 Å². The molecule has 3 saturated carbocycles. The predicted octanol–water partition coefficient (Wildman–Crippen LogP) is 2.43. The van der Waals surface area contributed by atoms with Crippen LogP contribution < -0.4 is 15.4 Å². The quantitative estimate of drug-likeness (QED) is 0.609. The molecule has 3 fully saturated rings. The second-order valence-electron chi connectivity index (χ2n) is 8.42. The molecule has 31 heavy (non-hydrogen) atoms. The molecule has 10 heteroatoms. The number of rotatable bonds is 6. The van der Waals surface area contributed by atoms with Gasteiger partial charge in [-0.25, -0.2) is 13.9 Å². The Balaban J connectivity index is 1.13. The highest BCUT2D eigenvalue weighted by Crippen LogP contribution is 2.60. The number of fused-ring (bicyclic) bond motifs is 1. The number of hydrogen-bond donors (Lipinski definition) is 2. The largest absolute Gasteiger partial charge is 0.484 e. The molecule has 3 aliphatic rings. The van der Waals surface area contributed by atoms with Crippen LogP contribution in [0.25, 0.3) is 5.65 Å². The fourth-order valence-electron chi connectivity index (χ4n) is 4.54. The molecular formula is C21H19ClFN5O3. The van der Waals surface area contributed by atoms with Crippen LogP contribution in [0.15, 0.2) is 36.8 Å². The summed E-state index contributed by atoms with van der Waals surface area (Å²) in [5.74, 6) is -0.889. The summed E-state index contributed by atoms with van der Waals surface area (Å²) < 4.78 is 20.4. The van der Waals surface area contributed by atoms with Crippen molar-refractivity contribution in [3.8, 4) is 5.75 Å². The molecule has 0 aliphatic heterocycles. The highest BCUT2D eigenvalue weighted by molar-refractivity contribution is 6.30. The SMILES string of the molecule is Cc1cnc2c(C(=O)NC34CC(NC(=O)COc5ccc(Cl)c(F)c5)(C3)C4)cnn2c1. The zero-order valence-electron chi connectivity index (χ0n) is 16.6. The van der Waals surface area contributed by atoms with Crippen molar-refractivity contribution >= 4 is 29.1 Å². The van der Waals surface area contributed by atoms with Crippen LogP contribution in [-0.2, 0) is 4.79 Å². The van der Waals surface area contributed by atoms with E-state index >= 15 is 0 Å². The van der Waals surface area contributed by atoms with Crippen LogP contribution in [0, 0.1) is 12.7 Å². The summed E-state index contributed by atoms with van der Waals surface area (Å²) in [6, 6.07) is 4.01. The number of benzene rings is 1. The number of ether oxygens (including phenoxy) is 1. The Morgan fingerprint density at radius 3 is 2.71 bits per heavy atom. The molecule has 0 atom stereocenters. The van der Waals surface area contributed by atoms with Gasteiger partial charge in [0.15, 0.2) is 12.3 Å². The molecule has 3 aromatic rings. The third kappa shape index (κ3) is 3.48. The van der Waals surface area contributed by atoms with E-state index in [2.05, 4.69) is 20.7 Å². The lowest BCUT2D eigenvalue weighted by atomic mass is 9.44. The van der Waals surface area contributed by atoms with Crippen LogP contribution in [-0.4, -0.2) is 44.1 Å². The normalized spacial score (nSPS) is 23.6. The molecule has 6 rings (SSSR count). The number of amides is 2. The van der Waals surface area contributed by atoms with Crippen molar-refractivity contribution in [2.75, 3.05) is 6.61 Å². The molecule has 0 radical (unpaired) electrons. The monoisotopic (exact) mass is 443 g/mol. The zero-order valence-corrected chi connectivity index (χ0v) is 17.4. The Kier molecular flexibility index (Phi) is 4.40. The van der Waals surface area contributed by atoms with E-state index in [9.17, 15) is 14.0 Å². The van der Waals surface area contributed by atoms with Gasteiger partial charge in [0.25, 0.3) is 11.8 Å². The second-order valence-corrected chi connectivity index (χ2v) is 8.82. The highest BCUT2D eigenvalue weighted by Gasteiger charge is 2.69. The molecule has 3 aliphatic carbocycles. The van der Waals surface area contributed by atoms with Crippen molar-refractivity contribution in [3.05, 3.63) is 58.8 Å². The molecule has 8 nitrogen and oxygen atoms in total. The van der Waals surface area contributed by atoms with Gasteiger partial charge in [-0.05, 0) is 43.9 Å². The molecular weight excluding hydrogens is 425 g/mol. The molecule has 0 unspecified atom stereocenters. The van der Waals surface area contributed by atoms with Gasteiger partial charge >= 0.3 is 0 Å². The average Bonchev–Trinajstić information content (AvgIpc) is 3.09. The Morgan fingerprint density at radius 1 is 1.23 bits per heavy atom. The van der Waals surface area contributed by atoms with Crippen LogP contribution in [0.5, 0.6) is 5.75 Å². The minimum Gasteiger partial charge on any atom is -0.484 e. The van der Waals surface area contributed by atoms with E-state index in [0.717, 1.165) is 11.6 Å². The van der Waals surface area contributed by atoms with Gasteiger partial charge in [0.05, 0.1) is 11.2 Å². The number of hydrogen-bond acceptors (Lipinski definition) is 5. The van der Waals surface area contributed by atoms with Crippen molar-refractivity contribution in [1.29, 1.82) is 0 Å². The number of halogens is 2. The maximum atomic E-state index is 13.4. The average molecular weight is 444 g/mol. The lowest BCUT2D eigenvalue weighted by Gasteiger charge is -2.70. The highest BCUT2D eigenvalue weighted by atomic mass is 35.5. The van der Waals surface area contributed by atoms with Crippen LogP contribution in [0.1, 0.15) is 35.2 Å². The van der Waals surface area contributed by atoms with E-state index in [4.69, 9.17) is 16.3 Å². The van der Waals surface area contributed by atoms with Crippen molar-refractivity contribution in [2.45, 2.75) is 37.3 Å². The van der Waals surface area contributed by atoms with Crippen molar-refractivity contribution in [1.82, 2.24) is 25.2 Å². The maximum absolute atomic E-state index is 13.4. The van der Waals surface area contributed by atoms with Crippen LogP contribution in [0.4, 0.5) is 4.39 Å². The number of carbonyl (C=O) groups is 2. The fraction of sp³-hybridized carbons (Fsp3) is 0.333. The predicted molar refractivity (Wildman–Crippen MR) is 110 cm³/mol. The molecule has 2 heterocycles. The van der Waals surface area contributed by atoms with Gasteiger partial charge in [0.2, 0.25) is 0 Å². The number of nitrogens with zero attached hydrogens (tertiary/aromatic N) is 3. The van der Waals surface area contributed by atoms with Gasteiger partial charge in [-0.2, -0.15) is 5.10 Å². The molecule has 2 bridgehead atoms. The first-order chi connectivity index (χ1) is 14.8. The maximum Gasteiger partial charge on any atom is 0.258 e. The summed E-state index contributed by atoms with van der Waals surface area (Å²) in [6.07, 6.45) is 6.97. The van der Waals surface area contributed by atoms with Crippen molar-refractivity contribution in [3.63, 3.8) is 0 Å². The Bertz CT molecular complexity index is 1210. The summed E-state index contributed by atoms with van der Waals surface area (Å²) in [4.78, 5) is 29.2. The molecule has 0 spiro atoms. The minimum absolute atomic E-state index is 0.00645. The topological polar surface area (TPSA) is 97.6 Å². The van der Waals surface area contributed by atoms with Gasteiger partial charge < -0.3 is 15.4 Å². The molecule has 2 aromatic heterocycles. The smallest absolute Gasteiger partial charge is 0.258 e. The van der Waals surface area contributed by atoms with Crippen molar-refractivity contribution in [2.24, 2.45) is 0 Å². The molecule has 1 aromatic carbocycles. The second kappa shape index (κ2) is 6.91. The standard InChI is InChI=1S/C21H19ClFN5O3/c1-12-5-24-18-14(6-25-28(18)7-12)19(30)27-21-9-20(10-21,11-21)26-17(29)8-31-13-2-3-15(22)16(23)4-13/h2-7H,8-11H2,1H3,(H,26,29)(H,27,30). The lowest BCUT2D eigenvalue weighted by molar-refractivity contribution is -0.141. The first-order valence-electron chi connectivity index (χ1n) is 9.78. The summed E-state index contributed by atoms with van der Waals surface area (Å²) >= 11 is 5.63. The van der Waals surface area contributed by atoms with Gasteiger partial charge in [-0.1, -0.05) is 11.6 Å². The van der Waals surface area contributed by atoms with Crippen LogP contribution >= 0.6 is 11.6 Å². The third-order valence-corrected chi connectivity index (χ3v) is 6.11. The van der Waals surface area contributed by atoms with E-state index < -0.39 is 5.82 Å². The van der Waals surface area contributed by atoms with Gasteiger partial charge in [0, 0.05) is 29.5 Å².